The van der Waals surface area contributed by atoms with Crippen molar-refractivity contribution in [1.29, 1.82) is 0 Å². The lowest BCUT2D eigenvalue weighted by atomic mass is 9.77. The molecule has 1 aliphatic rings. The highest BCUT2D eigenvalue weighted by atomic mass is 35.5. The molecule has 0 heterocycles. The van der Waals surface area contributed by atoms with E-state index < -0.39 is 0 Å². The van der Waals surface area contributed by atoms with E-state index in [1.165, 1.54) is 19.3 Å². The summed E-state index contributed by atoms with van der Waals surface area (Å²) in [6, 6.07) is 4.00. The quantitative estimate of drug-likeness (QED) is 0.893. The summed E-state index contributed by atoms with van der Waals surface area (Å²) in [6.07, 6.45) is 3.82. The van der Waals surface area contributed by atoms with Crippen molar-refractivity contribution in [1.82, 2.24) is 5.32 Å². The van der Waals surface area contributed by atoms with Gasteiger partial charge in [0.1, 0.15) is 5.75 Å². The highest BCUT2D eigenvalue weighted by Gasteiger charge is 2.29. The largest absolute Gasteiger partial charge is 0.495 e. The molecule has 1 atom stereocenters. The Morgan fingerprint density at radius 2 is 2.00 bits per heavy atom. The lowest BCUT2D eigenvalue weighted by Gasteiger charge is -2.34. The van der Waals surface area contributed by atoms with Gasteiger partial charge in [-0.1, -0.05) is 29.6 Å². The number of methoxy groups -OCH3 is 1. The second-order valence-corrected chi connectivity index (χ2v) is 5.28. The fraction of sp³-hybridized carbons (Fsp3) is 0.538. The zero-order valence-corrected chi connectivity index (χ0v) is 11.6. The summed E-state index contributed by atoms with van der Waals surface area (Å²) in [4.78, 5) is 0. The molecular weight excluding hydrogens is 257 g/mol. The van der Waals surface area contributed by atoms with Gasteiger partial charge in [-0.3, -0.25) is 0 Å². The summed E-state index contributed by atoms with van der Waals surface area (Å²) >= 11 is 12.5. The van der Waals surface area contributed by atoms with Gasteiger partial charge in [0, 0.05) is 17.1 Å². The van der Waals surface area contributed by atoms with Crippen molar-refractivity contribution in [2.24, 2.45) is 5.92 Å². The van der Waals surface area contributed by atoms with E-state index in [1.807, 2.05) is 13.1 Å². The average molecular weight is 274 g/mol. The number of rotatable bonds is 4. The van der Waals surface area contributed by atoms with E-state index in [1.54, 1.807) is 13.2 Å². The van der Waals surface area contributed by atoms with Crippen LogP contribution in [0.2, 0.25) is 10.0 Å². The SMILES string of the molecule is CNC(c1cc(Cl)c(OC)cc1Cl)C1CCC1. The van der Waals surface area contributed by atoms with E-state index in [0.29, 0.717) is 22.7 Å². The molecule has 0 saturated heterocycles. The van der Waals surface area contributed by atoms with Gasteiger partial charge in [-0.2, -0.15) is 0 Å². The maximum absolute atomic E-state index is 6.30. The van der Waals surface area contributed by atoms with Crippen molar-refractivity contribution >= 4 is 23.2 Å². The van der Waals surface area contributed by atoms with Gasteiger partial charge in [0.25, 0.3) is 0 Å². The summed E-state index contributed by atoms with van der Waals surface area (Å²) in [5.41, 5.74) is 1.07. The Morgan fingerprint density at radius 3 is 2.47 bits per heavy atom. The van der Waals surface area contributed by atoms with Crippen LogP contribution >= 0.6 is 23.2 Å². The number of halogens is 2. The van der Waals surface area contributed by atoms with Gasteiger partial charge in [0.2, 0.25) is 0 Å². The van der Waals surface area contributed by atoms with E-state index in [0.717, 1.165) is 10.6 Å². The molecule has 1 unspecified atom stereocenters. The van der Waals surface area contributed by atoms with Crippen LogP contribution in [0.4, 0.5) is 0 Å². The first kappa shape index (κ1) is 13.0. The molecule has 0 aliphatic heterocycles. The maximum Gasteiger partial charge on any atom is 0.138 e. The molecule has 4 heteroatoms. The van der Waals surface area contributed by atoms with Gasteiger partial charge in [-0.05, 0) is 37.4 Å². The van der Waals surface area contributed by atoms with E-state index in [2.05, 4.69) is 5.32 Å². The number of nitrogens with one attached hydrogen (secondary N) is 1. The molecule has 1 aromatic rings. The van der Waals surface area contributed by atoms with Crippen LogP contribution in [0.3, 0.4) is 0 Å². The zero-order chi connectivity index (χ0) is 12.4. The molecule has 1 N–H and O–H groups in total. The predicted octanol–water partition coefficient (Wildman–Crippen LogP) is 4.06. The van der Waals surface area contributed by atoms with Gasteiger partial charge < -0.3 is 10.1 Å². The molecule has 2 rings (SSSR count). The van der Waals surface area contributed by atoms with E-state index in [-0.39, 0.29) is 0 Å². The van der Waals surface area contributed by atoms with Gasteiger partial charge in [0.05, 0.1) is 12.1 Å². The molecule has 0 radical (unpaired) electrons. The Kier molecular flexibility index (Phi) is 4.18. The van der Waals surface area contributed by atoms with Crippen LogP contribution in [0.1, 0.15) is 30.9 Å². The van der Waals surface area contributed by atoms with Crippen LogP contribution in [0.5, 0.6) is 5.75 Å². The average Bonchev–Trinajstić information content (AvgIpc) is 2.26. The maximum atomic E-state index is 6.30. The lowest BCUT2D eigenvalue weighted by Crippen LogP contribution is -2.30. The van der Waals surface area contributed by atoms with Gasteiger partial charge in [0.15, 0.2) is 0 Å². The second kappa shape index (κ2) is 5.47. The van der Waals surface area contributed by atoms with Crippen LogP contribution in [0, 0.1) is 5.92 Å². The van der Waals surface area contributed by atoms with E-state index >= 15 is 0 Å². The Morgan fingerprint density at radius 1 is 1.29 bits per heavy atom. The predicted molar refractivity (Wildman–Crippen MR) is 72.2 cm³/mol. The minimum atomic E-state index is 0.291. The molecule has 2 nitrogen and oxygen atoms in total. The molecule has 94 valence electrons. The third kappa shape index (κ3) is 2.54. The molecule has 0 aromatic heterocycles. The number of benzene rings is 1. The molecule has 1 fully saturated rings. The van der Waals surface area contributed by atoms with Crippen molar-refractivity contribution in [3.8, 4) is 5.75 Å². The lowest BCUT2D eigenvalue weighted by molar-refractivity contribution is 0.239. The standard InChI is InChI=1S/C13H17Cl2NO/c1-16-13(8-4-3-5-8)9-6-11(15)12(17-2)7-10(9)14/h6-8,13,16H,3-5H2,1-2H3. The second-order valence-electron chi connectivity index (χ2n) is 4.47. The van der Waals surface area contributed by atoms with Gasteiger partial charge in [-0.15, -0.1) is 0 Å². The Hall–Kier alpha value is -0.440. The molecule has 1 aromatic carbocycles. The monoisotopic (exact) mass is 273 g/mol. The number of hydrogen-bond donors (Lipinski definition) is 1. The number of hydrogen-bond acceptors (Lipinski definition) is 2. The number of ether oxygens (including phenoxy) is 1. The van der Waals surface area contributed by atoms with Crippen LogP contribution < -0.4 is 10.1 Å². The summed E-state index contributed by atoms with van der Waals surface area (Å²) in [5, 5.41) is 4.68. The van der Waals surface area contributed by atoms with Crippen molar-refractivity contribution in [3.05, 3.63) is 27.7 Å². The van der Waals surface area contributed by atoms with Crippen molar-refractivity contribution in [2.75, 3.05) is 14.2 Å². The minimum Gasteiger partial charge on any atom is -0.495 e. The van der Waals surface area contributed by atoms with Crippen molar-refractivity contribution < 1.29 is 4.74 Å². The summed E-state index contributed by atoms with van der Waals surface area (Å²) in [7, 11) is 3.57. The van der Waals surface area contributed by atoms with Gasteiger partial charge in [-0.25, -0.2) is 0 Å². The molecular formula is C13H17Cl2NO. The molecule has 0 amide bonds. The first-order valence-corrected chi connectivity index (χ1v) is 6.63. The van der Waals surface area contributed by atoms with Crippen molar-refractivity contribution in [3.63, 3.8) is 0 Å². The molecule has 1 saturated carbocycles. The van der Waals surface area contributed by atoms with E-state index in [4.69, 9.17) is 27.9 Å². The normalized spacial score (nSPS) is 17.6. The Labute approximate surface area is 112 Å². The summed E-state index contributed by atoms with van der Waals surface area (Å²) < 4.78 is 5.16. The Balaban J connectivity index is 2.32. The van der Waals surface area contributed by atoms with Gasteiger partial charge >= 0.3 is 0 Å². The topological polar surface area (TPSA) is 21.3 Å². The van der Waals surface area contributed by atoms with Crippen LogP contribution in [0.15, 0.2) is 12.1 Å². The minimum absolute atomic E-state index is 0.291. The molecule has 0 bridgehead atoms. The third-order valence-corrected chi connectivity index (χ3v) is 4.16. The molecule has 17 heavy (non-hydrogen) atoms. The van der Waals surface area contributed by atoms with Crippen molar-refractivity contribution in [2.45, 2.75) is 25.3 Å². The van der Waals surface area contributed by atoms with Crippen LogP contribution in [-0.4, -0.2) is 14.2 Å². The first-order chi connectivity index (χ1) is 8.17. The summed E-state index contributed by atoms with van der Waals surface area (Å²) in [5.74, 6) is 1.30. The Bertz CT molecular complexity index is 405. The van der Waals surface area contributed by atoms with E-state index in [9.17, 15) is 0 Å². The highest BCUT2D eigenvalue weighted by Crippen LogP contribution is 2.42. The zero-order valence-electron chi connectivity index (χ0n) is 10.1. The smallest absolute Gasteiger partial charge is 0.138 e. The molecule has 1 aliphatic carbocycles. The third-order valence-electron chi connectivity index (χ3n) is 3.54. The fourth-order valence-corrected chi connectivity index (χ4v) is 2.88. The van der Waals surface area contributed by atoms with Crippen LogP contribution in [0.25, 0.3) is 0 Å². The highest BCUT2D eigenvalue weighted by molar-refractivity contribution is 6.34. The summed E-state index contributed by atoms with van der Waals surface area (Å²) in [6.45, 7) is 0. The fourth-order valence-electron chi connectivity index (χ4n) is 2.36. The van der Waals surface area contributed by atoms with Crippen LogP contribution in [-0.2, 0) is 0 Å². The first-order valence-electron chi connectivity index (χ1n) is 5.87. The molecule has 0 spiro atoms.